The van der Waals surface area contributed by atoms with Gasteiger partial charge in [-0.15, -0.1) is 0 Å². The van der Waals surface area contributed by atoms with Crippen LogP contribution in [0.4, 0.5) is 65.7 Å². The standard InChI is InChI=1S/C25H30F5N5O9P2S2.C25H32F3N5O9P2S2.C24H30F3N5O10P2S2/c1-47-10-8-31-20-17-21(34-23(33-20)48-9-7-24(26,27)28)35(13-32-17)22-19-18(43-16(44-19)11-14-5-3-2-4-6-14)15(42-22)12-41-46(39,40)25(29,30)45(36,37)38;1-45-10-8-29-21-18-22(32-24(31-21)46-9-7-25(26,27)28)33(13-30-18)23-20-19(41-17(42-20)11-15-5-3-2-4-6-15)16(40-23)12-39-44(37,38)14-43(34,35)36;1-45-10-8-28-20-17-21(31-23(30-20)46-9-7-24(25,26)27)32(13-29-17)22-19-18(40-16(41-19)11-14-5-3-2-4-6-14)15(39-22)12-38-44(36,37)42-43(33,34)35/h2-6,13,15-16,18-19,22H,7-12H2,1H3,(H,39,40)(H,31,33,34)(H2,36,37,38);2-6,13,16-17,19-20,23H,7-12,14H2,1H3,(H,37,38)(H,29,31,32)(H2,34,35,36);2-6,13,15-16,18-19,22H,7-12H2,1H3,(H,36,37)(H,28,30,31)(H2,33,34,35)/t15-,16?,18-,19-,22-;16-,17?,19-,20-,23-;15-,16?,18-,19-,22-/m111/s1. The highest BCUT2D eigenvalue weighted by Crippen LogP contribution is 2.73. The normalized spacial score (nSPS) is 24.7. The van der Waals surface area contributed by atoms with Gasteiger partial charge >= 0.3 is 70.0 Å². The number of phosphoric acid groups is 2. The number of fused-ring (bicyclic) bond motifs is 6. The van der Waals surface area contributed by atoms with Gasteiger partial charge in [-0.1, -0.05) is 126 Å². The Morgan fingerprint density at radius 3 is 0.979 bits per heavy atom. The van der Waals surface area contributed by atoms with E-state index in [1.807, 2.05) is 91.6 Å². The van der Waals surface area contributed by atoms with E-state index in [1.54, 1.807) is 53.5 Å². The van der Waals surface area contributed by atoms with E-state index in [4.69, 9.17) is 71.3 Å². The number of hydrogen-bond acceptors (Lipinski definition) is 37. The van der Waals surface area contributed by atoms with Gasteiger partial charge in [0, 0.05) is 73.4 Å². The van der Waals surface area contributed by atoms with Crippen molar-refractivity contribution in [2.24, 2.45) is 0 Å². The fraction of sp³-hybridized carbons (Fsp3) is 0.554. The average molecular weight is 2230 g/mol. The van der Waals surface area contributed by atoms with Crippen molar-refractivity contribution in [1.29, 1.82) is 0 Å². The number of nitrogens with one attached hydrogen (secondary N) is 3. The summed E-state index contributed by atoms with van der Waals surface area (Å²) in [5, 5.41) is 4.16. The second-order valence-corrected chi connectivity index (χ2v) is 47.9. The Morgan fingerprint density at radius 1 is 0.393 bits per heavy atom. The van der Waals surface area contributed by atoms with Crippen molar-refractivity contribution in [3.8, 4) is 0 Å². The van der Waals surface area contributed by atoms with Crippen LogP contribution in [0.15, 0.2) is 125 Å². The maximum Gasteiger partial charge on any atom is 0.481 e. The number of rotatable bonds is 45. The molecular weight excluding hydrogens is 2130 g/mol. The molecule has 6 unspecified atom stereocenters. The predicted octanol–water partition coefficient (Wildman–Crippen LogP) is 13.2. The van der Waals surface area contributed by atoms with Crippen LogP contribution in [0.1, 0.15) is 54.6 Å². The second kappa shape index (κ2) is 47.8. The lowest BCUT2D eigenvalue weighted by Crippen LogP contribution is -2.32. The Bertz CT molecular complexity index is 5730. The van der Waals surface area contributed by atoms with E-state index in [2.05, 4.69) is 69.6 Å². The van der Waals surface area contributed by atoms with Crippen molar-refractivity contribution in [3.05, 3.63) is 127 Å². The van der Waals surface area contributed by atoms with Crippen molar-refractivity contribution < 1.29 is 180 Å². The largest absolute Gasteiger partial charge is 0.481 e. The van der Waals surface area contributed by atoms with Gasteiger partial charge in [-0.3, -0.25) is 36.5 Å². The van der Waals surface area contributed by atoms with Gasteiger partial charge in [-0.25, -0.2) is 54.0 Å². The van der Waals surface area contributed by atoms with Gasteiger partial charge in [0.05, 0.1) is 58.1 Å². The van der Waals surface area contributed by atoms with E-state index >= 15 is 0 Å². The third-order valence-corrected chi connectivity index (χ3v) is 34.0. The fourth-order valence-electron chi connectivity index (χ4n) is 14.6. The van der Waals surface area contributed by atoms with Crippen LogP contribution in [-0.2, 0) is 107 Å². The van der Waals surface area contributed by atoms with Gasteiger partial charge in [0.15, 0.2) is 110 Å². The average Bonchev–Trinajstić information content (AvgIpc) is 1.59. The number of nitrogens with zero attached hydrogens (tertiary/aromatic N) is 12. The molecule has 12 heterocycles. The van der Waals surface area contributed by atoms with Crippen molar-refractivity contribution in [2.45, 2.75) is 170 Å². The zero-order chi connectivity index (χ0) is 101. The number of hydrogen-bond donors (Lipinski definition) is 12. The number of imidazole rings is 3. The molecule has 0 bridgehead atoms. The maximum atomic E-state index is 14.2. The molecule has 15 rings (SSSR count). The molecule has 12 N–H and O–H groups in total. The number of halogens is 11. The summed E-state index contributed by atoms with van der Waals surface area (Å²) in [6.07, 6.45) is -20.1. The summed E-state index contributed by atoms with van der Waals surface area (Å²) in [5.74, 6) is 0.636. The lowest BCUT2D eigenvalue weighted by Gasteiger charge is -2.25. The Hall–Kier alpha value is -5.46. The number of anilines is 3. The smallest absolute Gasteiger partial charge is 0.367 e. The molecule has 6 fully saturated rings. The molecule has 140 heavy (non-hydrogen) atoms. The van der Waals surface area contributed by atoms with E-state index in [-0.39, 0.29) is 67.4 Å². The molecule has 18 atom stereocenters. The quantitative estimate of drug-likeness (QED) is 0.00554. The summed E-state index contributed by atoms with van der Waals surface area (Å²) >= 11 is 7.14. The number of benzene rings is 3. The molecule has 66 heteroatoms. The van der Waals surface area contributed by atoms with Gasteiger partial charge in [-0.2, -0.15) is 87.9 Å². The molecule has 3 aromatic carbocycles. The second-order valence-electron chi connectivity index (χ2n) is 31.0. The molecule has 6 aromatic heterocycles. The first-order valence-corrected chi connectivity index (χ1v) is 58.5. The molecule has 774 valence electrons. The third-order valence-electron chi connectivity index (χ3n) is 20.6. The monoisotopic (exact) mass is 2230 g/mol. The van der Waals surface area contributed by atoms with Crippen LogP contribution in [0, 0.1) is 0 Å². The first-order valence-electron chi connectivity index (χ1n) is 41.6. The van der Waals surface area contributed by atoms with E-state index in [1.165, 1.54) is 32.7 Å². The van der Waals surface area contributed by atoms with E-state index < -0.39 is 207 Å². The lowest BCUT2D eigenvalue weighted by atomic mass is 10.1. The number of alkyl halides is 11. The zero-order valence-electron chi connectivity index (χ0n) is 72.9. The van der Waals surface area contributed by atoms with Crippen molar-refractivity contribution in [3.63, 3.8) is 0 Å². The van der Waals surface area contributed by atoms with Crippen LogP contribution in [-0.4, -0.2) is 299 Å². The highest BCUT2D eigenvalue weighted by Gasteiger charge is 2.66. The van der Waals surface area contributed by atoms with Crippen LogP contribution in [0.3, 0.4) is 0 Å². The molecule has 43 nitrogen and oxygen atoms in total. The topological polar surface area (TPSA) is 571 Å². The summed E-state index contributed by atoms with van der Waals surface area (Å²) in [6.45, 7) is -0.875. The summed E-state index contributed by atoms with van der Waals surface area (Å²) in [6, 6.07) is 27.7. The minimum Gasteiger partial charge on any atom is -0.367 e. The van der Waals surface area contributed by atoms with Gasteiger partial charge in [0.25, 0.3) is 0 Å². The number of ether oxygens (including phenoxy) is 9. The number of aromatic nitrogens is 12. The van der Waals surface area contributed by atoms with Crippen LogP contribution >= 0.6 is 117 Å². The van der Waals surface area contributed by atoms with Crippen molar-refractivity contribution >= 4 is 168 Å². The van der Waals surface area contributed by atoms with E-state index in [0.717, 1.165) is 57.7 Å². The van der Waals surface area contributed by atoms with Crippen LogP contribution < -0.4 is 16.0 Å². The van der Waals surface area contributed by atoms with Gasteiger partial charge < -0.3 is 112 Å². The highest BCUT2D eigenvalue weighted by atomic mass is 32.2. The van der Waals surface area contributed by atoms with Crippen LogP contribution in [0.5, 0.6) is 0 Å². The molecule has 6 aliphatic rings. The fourth-order valence-corrected chi connectivity index (χ4v) is 24.1. The molecular formula is C74H92F11N15O28P6S6. The van der Waals surface area contributed by atoms with Gasteiger partial charge in [0.1, 0.15) is 54.9 Å². The molecule has 0 radical (unpaired) electrons. The minimum atomic E-state index is -6.41. The lowest BCUT2D eigenvalue weighted by molar-refractivity contribution is -0.149. The van der Waals surface area contributed by atoms with E-state index in [0.29, 0.717) is 66.7 Å². The molecule has 9 aromatic rings. The SMILES string of the molecule is CSCCNc1nc(SCCC(F)(F)F)nc2c1ncn2[C@@H]1O[C@H](COP(=O)(O)C(F)(F)P(=O)(O)O)[C@H]2OC(Cc3ccccc3)O[C@H]21.CSCCNc1nc(SCCC(F)(F)F)nc2c1ncn2[C@@H]1O[C@H](COP(=O)(O)CP(=O)(O)O)[C@H]2OC(Cc3ccccc3)O[C@H]21.CSCCNc1nc(SCCC(F)(F)F)nc2c1ncn2[C@@H]1O[C@H](COP(=O)(O)OP(=O)(O)O)[C@H]2OC(Cc3ccccc3)O[C@H]21. The van der Waals surface area contributed by atoms with Crippen LogP contribution in [0.2, 0.25) is 0 Å². The zero-order valence-corrected chi connectivity index (χ0v) is 83.2. The first kappa shape index (κ1) is 112. The maximum absolute atomic E-state index is 14.2. The summed E-state index contributed by atoms with van der Waals surface area (Å²) < 4.78 is 293. The Kier molecular flexibility index (Phi) is 38.1. The number of thioether (sulfide) groups is 6. The minimum absolute atomic E-state index is 0.000938. The predicted molar refractivity (Wildman–Crippen MR) is 488 cm³/mol. The third kappa shape index (κ3) is 30.6. The summed E-state index contributed by atoms with van der Waals surface area (Å²) in [7, 11) is -32.8. The molecule has 6 saturated heterocycles. The highest BCUT2D eigenvalue weighted by molar-refractivity contribution is 8.00. The molecule has 0 saturated carbocycles. The Balaban J connectivity index is 0.000000177. The first-order chi connectivity index (χ1) is 65.9. The van der Waals surface area contributed by atoms with Gasteiger partial charge in [-0.05, 0) is 35.5 Å². The van der Waals surface area contributed by atoms with Gasteiger partial charge in [0.2, 0.25) is 0 Å². The van der Waals surface area contributed by atoms with E-state index in [9.17, 15) is 100 Å². The molecule has 0 aliphatic carbocycles. The molecule has 0 spiro atoms. The molecule has 0 amide bonds. The van der Waals surface area contributed by atoms with Crippen LogP contribution in [0.25, 0.3) is 33.5 Å². The summed E-state index contributed by atoms with van der Waals surface area (Å²) in [4.78, 5) is 124. The van der Waals surface area contributed by atoms with Crippen molar-refractivity contribution in [2.75, 3.05) is 115 Å². The molecule has 6 aliphatic heterocycles. The number of phosphoric ester groups is 1. The Morgan fingerprint density at radius 2 is 0.693 bits per heavy atom. The van der Waals surface area contributed by atoms with Crippen molar-refractivity contribution in [1.82, 2.24) is 58.6 Å². The Labute approximate surface area is 813 Å². The summed E-state index contributed by atoms with van der Waals surface area (Å²) in [5.41, 5.74) is 4.09.